The van der Waals surface area contributed by atoms with Gasteiger partial charge in [0.1, 0.15) is 11.7 Å². The Morgan fingerprint density at radius 2 is 1.90 bits per heavy atom. The second kappa shape index (κ2) is 6.03. The summed E-state index contributed by atoms with van der Waals surface area (Å²) in [6.45, 7) is 1.96. The van der Waals surface area contributed by atoms with Gasteiger partial charge < -0.3 is 4.74 Å². The number of rotatable bonds is 4. The average Bonchev–Trinajstić information content (AvgIpc) is 2.49. The topological polar surface area (TPSA) is 50.1 Å². The number of carbonyl (C=O) groups is 1. The third-order valence-corrected chi connectivity index (χ3v) is 3.15. The Morgan fingerprint density at radius 1 is 1.20 bits per heavy atom. The highest BCUT2D eigenvalue weighted by molar-refractivity contribution is 6.02. The number of nitriles is 1. The molecular weight excluding hydrogens is 250 g/mol. The predicted octanol–water partition coefficient (Wildman–Crippen LogP) is 3.49. The summed E-state index contributed by atoms with van der Waals surface area (Å²) in [7, 11) is 1.56. The third kappa shape index (κ3) is 2.86. The fraction of sp³-hybridized carbons (Fsp3) is 0.176. The minimum atomic E-state index is -0.812. The molecule has 0 amide bonds. The number of methoxy groups -OCH3 is 1. The molecule has 2 aromatic rings. The van der Waals surface area contributed by atoms with Crippen molar-refractivity contribution in [2.45, 2.75) is 12.8 Å². The molecule has 0 spiro atoms. The quantitative estimate of drug-likeness (QED) is 0.795. The van der Waals surface area contributed by atoms with Gasteiger partial charge in [0.15, 0.2) is 5.78 Å². The van der Waals surface area contributed by atoms with E-state index in [0.717, 1.165) is 5.56 Å². The van der Waals surface area contributed by atoms with Crippen LogP contribution in [0.3, 0.4) is 0 Å². The Morgan fingerprint density at radius 3 is 2.50 bits per heavy atom. The smallest absolute Gasteiger partial charge is 0.184 e. The molecule has 0 aliphatic heterocycles. The van der Waals surface area contributed by atoms with Gasteiger partial charge in [0.2, 0.25) is 0 Å². The lowest BCUT2D eigenvalue weighted by molar-refractivity contribution is 0.0979. The van der Waals surface area contributed by atoms with Crippen molar-refractivity contribution in [2.24, 2.45) is 0 Å². The number of carbonyl (C=O) groups excluding carboxylic acids is 1. The van der Waals surface area contributed by atoms with Crippen LogP contribution >= 0.6 is 0 Å². The van der Waals surface area contributed by atoms with Crippen molar-refractivity contribution < 1.29 is 9.53 Å². The average molecular weight is 265 g/mol. The first kappa shape index (κ1) is 13.8. The molecule has 20 heavy (non-hydrogen) atoms. The van der Waals surface area contributed by atoms with Crippen LogP contribution in [0, 0.1) is 18.3 Å². The van der Waals surface area contributed by atoms with Gasteiger partial charge in [-0.3, -0.25) is 4.79 Å². The summed E-state index contributed by atoms with van der Waals surface area (Å²) in [5.41, 5.74) is 2.28. The zero-order valence-electron chi connectivity index (χ0n) is 11.5. The van der Waals surface area contributed by atoms with Crippen molar-refractivity contribution in [3.63, 3.8) is 0 Å². The highest BCUT2D eigenvalue weighted by Gasteiger charge is 2.22. The summed E-state index contributed by atoms with van der Waals surface area (Å²) >= 11 is 0. The molecule has 0 aliphatic rings. The Bertz CT molecular complexity index is 653. The van der Waals surface area contributed by atoms with E-state index in [9.17, 15) is 10.1 Å². The molecule has 3 heteroatoms. The number of ether oxygens (including phenoxy) is 1. The van der Waals surface area contributed by atoms with Crippen LogP contribution in [0.2, 0.25) is 0 Å². The Labute approximate surface area is 118 Å². The van der Waals surface area contributed by atoms with Crippen molar-refractivity contribution in [3.05, 3.63) is 65.2 Å². The van der Waals surface area contributed by atoms with E-state index in [1.807, 2.05) is 19.1 Å². The fourth-order valence-electron chi connectivity index (χ4n) is 1.99. The number of Topliss-reactive ketones (excluding diaryl/α,β-unsaturated/α-hetero) is 1. The second-order valence-electron chi connectivity index (χ2n) is 4.57. The van der Waals surface area contributed by atoms with Crippen LogP contribution in [0.4, 0.5) is 0 Å². The normalized spacial score (nSPS) is 11.4. The van der Waals surface area contributed by atoms with E-state index in [0.29, 0.717) is 16.9 Å². The molecule has 0 saturated carbocycles. The molecule has 1 atom stereocenters. The van der Waals surface area contributed by atoms with E-state index in [1.165, 1.54) is 0 Å². The molecule has 0 aliphatic carbocycles. The van der Waals surface area contributed by atoms with Crippen LogP contribution in [0.5, 0.6) is 5.75 Å². The first-order valence-corrected chi connectivity index (χ1v) is 6.30. The second-order valence-corrected chi connectivity index (χ2v) is 4.57. The van der Waals surface area contributed by atoms with Crippen LogP contribution in [-0.4, -0.2) is 12.9 Å². The van der Waals surface area contributed by atoms with Gasteiger partial charge in [-0.25, -0.2) is 0 Å². The van der Waals surface area contributed by atoms with Crippen molar-refractivity contribution in [2.75, 3.05) is 7.11 Å². The summed E-state index contributed by atoms with van der Waals surface area (Å²) in [6, 6.07) is 16.4. The monoisotopic (exact) mass is 265 g/mol. The Hall–Kier alpha value is -2.60. The van der Waals surface area contributed by atoms with Gasteiger partial charge >= 0.3 is 0 Å². The van der Waals surface area contributed by atoms with E-state index in [-0.39, 0.29) is 5.78 Å². The van der Waals surface area contributed by atoms with Crippen LogP contribution < -0.4 is 4.74 Å². The van der Waals surface area contributed by atoms with E-state index in [2.05, 4.69) is 6.07 Å². The summed E-state index contributed by atoms with van der Waals surface area (Å²) in [5.74, 6) is -0.368. The van der Waals surface area contributed by atoms with E-state index in [4.69, 9.17) is 4.74 Å². The first-order chi connectivity index (χ1) is 9.65. The molecule has 0 radical (unpaired) electrons. The molecule has 0 bridgehead atoms. The van der Waals surface area contributed by atoms with Crippen molar-refractivity contribution in [1.82, 2.24) is 0 Å². The molecule has 2 aromatic carbocycles. The van der Waals surface area contributed by atoms with Gasteiger partial charge in [-0.05, 0) is 24.6 Å². The van der Waals surface area contributed by atoms with Crippen LogP contribution in [0.1, 0.15) is 27.4 Å². The lowest BCUT2D eigenvalue weighted by Gasteiger charge is -2.10. The van der Waals surface area contributed by atoms with Crippen LogP contribution in [-0.2, 0) is 0 Å². The Balaban J connectivity index is 2.34. The summed E-state index contributed by atoms with van der Waals surface area (Å²) in [5, 5.41) is 9.32. The number of benzene rings is 2. The largest absolute Gasteiger partial charge is 0.497 e. The minimum Gasteiger partial charge on any atom is -0.497 e. The van der Waals surface area contributed by atoms with Crippen molar-refractivity contribution >= 4 is 5.78 Å². The number of nitrogens with zero attached hydrogens (tertiary/aromatic N) is 1. The maximum Gasteiger partial charge on any atom is 0.184 e. The van der Waals surface area contributed by atoms with E-state index in [1.54, 1.807) is 43.5 Å². The zero-order valence-corrected chi connectivity index (χ0v) is 11.5. The molecule has 0 heterocycles. The molecule has 0 aromatic heterocycles. The number of ketones is 1. The van der Waals surface area contributed by atoms with E-state index < -0.39 is 5.92 Å². The predicted molar refractivity (Wildman–Crippen MR) is 76.9 cm³/mol. The zero-order chi connectivity index (χ0) is 14.5. The van der Waals surface area contributed by atoms with Gasteiger partial charge in [-0.15, -0.1) is 0 Å². The van der Waals surface area contributed by atoms with Gasteiger partial charge in [-0.1, -0.05) is 42.0 Å². The van der Waals surface area contributed by atoms with Crippen LogP contribution in [0.15, 0.2) is 48.5 Å². The maximum atomic E-state index is 12.4. The molecule has 100 valence electrons. The van der Waals surface area contributed by atoms with E-state index >= 15 is 0 Å². The SMILES string of the molecule is COc1cccc(C(C#N)C(=O)c2ccc(C)cc2)c1. The standard InChI is InChI=1S/C17H15NO2/c1-12-6-8-13(9-7-12)17(19)16(11-18)14-4-3-5-15(10-14)20-2/h3-10,16H,1-2H3. The number of hydrogen-bond donors (Lipinski definition) is 0. The molecule has 1 unspecified atom stereocenters. The maximum absolute atomic E-state index is 12.4. The summed E-state index contributed by atoms with van der Waals surface area (Å²) in [6.07, 6.45) is 0. The molecule has 2 rings (SSSR count). The molecule has 0 saturated heterocycles. The molecule has 3 nitrogen and oxygen atoms in total. The first-order valence-electron chi connectivity index (χ1n) is 6.30. The van der Waals surface area contributed by atoms with Crippen molar-refractivity contribution in [3.8, 4) is 11.8 Å². The fourth-order valence-corrected chi connectivity index (χ4v) is 1.99. The van der Waals surface area contributed by atoms with Gasteiger partial charge in [0.05, 0.1) is 13.2 Å². The Kier molecular flexibility index (Phi) is 4.17. The summed E-state index contributed by atoms with van der Waals surface area (Å²) < 4.78 is 5.13. The van der Waals surface area contributed by atoms with Gasteiger partial charge in [0.25, 0.3) is 0 Å². The number of aryl methyl sites for hydroxylation is 1. The van der Waals surface area contributed by atoms with Crippen LogP contribution in [0.25, 0.3) is 0 Å². The minimum absolute atomic E-state index is 0.194. The highest BCUT2D eigenvalue weighted by Crippen LogP contribution is 2.24. The molecule has 0 N–H and O–H groups in total. The molecule has 0 fully saturated rings. The highest BCUT2D eigenvalue weighted by atomic mass is 16.5. The van der Waals surface area contributed by atoms with Gasteiger partial charge in [0, 0.05) is 5.56 Å². The number of hydrogen-bond acceptors (Lipinski definition) is 3. The summed E-state index contributed by atoms with van der Waals surface area (Å²) in [4.78, 5) is 12.4. The lowest BCUT2D eigenvalue weighted by atomic mass is 9.91. The third-order valence-electron chi connectivity index (χ3n) is 3.15. The molecular formula is C17H15NO2. The van der Waals surface area contributed by atoms with Gasteiger partial charge in [-0.2, -0.15) is 5.26 Å². The van der Waals surface area contributed by atoms with Crippen molar-refractivity contribution in [1.29, 1.82) is 5.26 Å². The lowest BCUT2D eigenvalue weighted by Crippen LogP contribution is -2.11.